The van der Waals surface area contributed by atoms with Crippen molar-refractivity contribution in [3.8, 4) is 0 Å². The molecule has 0 fully saturated rings. The Balaban J connectivity index is 2.94. The van der Waals surface area contributed by atoms with Crippen LogP contribution in [0.1, 0.15) is 19.4 Å². The molecule has 0 saturated carbocycles. The van der Waals surface area contributed by atoms with Crippen molar-refractivity contribution >= 4 is 5.69 Å². The Labute approximate surface area is 93.1 Å². The second-order valence-corrected chi connectivity index (χ2v) is 5.07. The maximum Gasteiger partial charge on any atom is 0.0393 e. The lowest BCUT2D eigenvalue weighted by Crippen LogP contribution is -2.26. The second-order valence-electron chi connectivity index (χ2n) is 5.07. The molecule has 2 N–H and O–H groups in total. The Kier molecular flexibility index (Phi) is 3.75. The summed E-state index contributed by atoms with van der Waals surface area (Å²) in [5.41, 5.74) is 8.60. The van der Waals surface area contributed by atoms with Gasteiger partial charge in [-0.2, -0.15) is 0 Å². The number of hydrogen-bond acceptors (Lipinski definition) is 2. The number of hydrogen-bond donors (Lipinski definition) is 1. The van der Waals surface area contributed by atoms with Gasteiger partial charge in [0.15, 0.2) is 0 Å². The van der Waals surface area contributed by atoms with E-state index >= 15 is 0 Å². The minimum Gasteiger partial charge on any atom is -0.377 e. The molecule has 0 aromatic heterocycles. The summed E-state index contributed by atoms with van der Waals surface area (Å²) in [7, 11) is 4.16. The monoisotopic (exact) mass is 206 g/mol. The van der Waals surface area contributed by atoms with Crippen molar-refractivity contribution in [2.75, 3.05) is 25.5 Å². The first kappa shape index (κ1) is 12.1. The standard InChI is InChI=1S/C13H22N2/c1-13(2,10-14)9-11-7-5-6-8-12(11)15(3)4/h5-8H,9-10,14H2,1-4H3. The second kappa shape index (κ2) is 4.67. The summed E-state index contributed by atoms with van der Waals surface area (Å²) in [5.74, 6) is 0. The molecule has 2 heteroatoms. The fourth-order valence-electron chi connectivity index (χ4n) is 1.68. The van der Waals surface area contributed by atoms with Gasteiger partial charge in [0.1, 0.15) is 0 Å². The van der Waals surface area contributed by atoms with Crippen LogP contribution in [0.2, 0.25) is 0 Å². The summed E-state index contributed by atoms with van der Waals surface area (Å²) in [6, 6.07) is 8.51. The van der Waals surface area contributed by atoms with Gasteiger partial charge in [0, 0.05) is 19.8 Å². The van der Waals surface area contributed by atoms with Gasteiger partial charge in [0.25, 0.3) is 0 Å². The molecule has 2 nitrogen and oxygen atoms in total. The smallest absolute Gasteiger partial charge is 0.0393 e. The molecule has 1 aromatic rings. The summed E-state index contributed by atoms with van der Waals surface area (Å²) >= 11 is 0. The number of anilines is 1. The van der Waals surface area contributed by atoms with Crippen LogP contribution in [0.4, 0.5) is 5.69 Å². The van der Waals surface area contributed by atoms with E-state index in [9.17, 15) is 0 Å². The van der Waals surface area contributed by atoms with Gasteiger partial charge in [-0.25, -0.2) is 0 Å². The van der Waals surface area contributed by atoms with E-state index in [2.05, 4.69) is 57.1 Å². The van der Waals surface area contributed by atoms with Gasteiger partial charge in [-0.1, -0.05) is 32.0 Å². The molecule has 0 aliphatic heterocycles. The molecule has 0 unspecified atom stereocenters. The molecule has 1 aromatic carbocycles. The zero-order chi connectivity index (χ0) is 11.5. The molecule has 0 radical (unpaired) electrons. The Bertz CT molecular complexity index is 316. The maximum absolute atomic E-state index is 5.77. The summed E-state index contributed by atoms with van der Waals surface area (Å²) in [6.07, 6.45) is 1.03. The lowest BCUT2D eigenvalue weighted by atomic mass is 9.85. The van der Waals surface area contributed by atoms with Crippen LogP contribution >= 0.6 is 0 Å². The average molecular weight is 206 g/mol. The maximum atomic E-state index is 5.77. The Morgan fingerprint density at radius 2 is 1.80 bits per heavy atom. The van der Waals surface area contributed by atoms with E-state index in [1.165, 1.54) is 11.3 Å². The third-order valence-electron chi connectivity index (χ3n) is 2.70. The van der Waals surface area contributed by atoms with E-state index in [1.807, 2.05) is 0 Å². The lowest BCUT2D eigenvalue weighted by Gasteiger charge is -2.25. The van der Waals surface area contributed by atoms with Crippen molar-refractivity contribution in [3.05, 3.63) is 29.8 Å². The average Bonchev–Trinajstić information content (AvgIpc) is 2.18. The van der Waals surface area contributed by atoms with E-state index in [0.717, 1.165) is 13.0 Å². The highest BCUT2D eigenvalue weighted by Gasteiger charge is 2.18. The van der Waals surface area contributed by atoms with Gasteiger partial charge < -0.3 is 10.6 Å². The molecule has 0 saturated heterocycles. The lowest BCUT2D eigenvalue weighted by molar-refractivity contribution is 0.377. The predicted molar refractivity (Wildman–Crippen MR) is 67.3 cm³/mol. The van der Waals surface area contributed by atoms with E-state index in [-0.39, 0.29) is 5.41 Å². The van der Waals surface area contributed by atoms with Crippen molar-refractivity contribution in [2.24, 2.45) is 11.1 Å². The van der Waals surface area contributed by atoms with Gasteiger partial charge in [-0.05, 0) is 30.0 Å². The number of rotatable bonds is 4. The largest absolute Gasteiger partial charge is 0.377 e. The molecule has 0 spiro atoms. The first-order valence-electron chi connectivity index (χ1n) is 5.41. The Morgan fingerprint density at radius 1 is 1.20 bits per heavy atom. The Morgan fingerprint density at radius 3 is 2.33 bits per heavy atom. The minimum atomic E-state index is 0.173. The van der Waals surface area contributed by atoms with Crippen LogP contribution in [0.25, 0.3) is 0 Å². The third-order valence-corrected chi connectivity index (χ3v) is 2.70. The molecular formula is C13H22N2. The number of benzene rings is 1. The van der Waals surface area contributed by atoms with Gasteiger partial charge in [0.05, 0.1) is 0 Å². The van der Waals surface area contributed by atoms with E-state index < -0.39 is 0 Å². The number of nitrogens with two attached hydrogens (primary N) is 1. The molecule has 0 aliphatic rings. The van der Waals surface area contributed by atoms with Crippen LogP contribution in [0.15, 0.2) is 24.3 Å². The quantitative estimate of drug-likeness (QED) is 0.819. The number of para-hydroxylation sites is 1. The Hall–Kier alpha value is -1.02. The van der Waals surface area contributed by atoms with Gasteiger partial charge in [-0.3, -0.25) is 0 Å². The summed E-state index contributed by atoms with van der Waals surface area (Å²) in [6.45, 7) is 5.13. The van der Waals surface area contributed by atoms with Crippen LogP contribution < -0.4 is 10.6 Å². The zero-order valence-electron chi connectivity index (χ0n) is 10.2. The molecule has 0 atom stereocenters. The fourth-order valence-corrected chi connectivity index (χ4v) is 1.68. The molecule has 0 aliphatic carbocycles. The van der Waals surface area contributed by atoms with Crippen LogP contribution in [-0.4, -0.2) is 20.6 Å². The van der Waals surface area contributed by atoms with Crippen LogP contribution in [-0.2, 0) is 6.42 Å². The molecule has 84 valence electrons. The first-order chi connectivity index (χ1) is 6.96. The van der Waals surface area contributed by atoms with Gasteiger partial charge in [-0.15, -0.1) is 0 Å². The topological polar surface area (TPSA) is 29.3 Å². The summed E-state index contributed by atoms with van der Waals surface area (Å²) in [4.78, 5) is 2.15. The summed E-state index contributed by atoms with van der Waals surface area (Å²) < 4.78 is 0. The highest BCUT2D eigenvalue weighted by atomic mass is 15.1. The zero-order valence-corrected chi connectivity index (χ0v) is 10.2. The SMILES string of the molecule is CN(C)c1ccccc1CC(C)(C)CN. The van der Waals surface area contributed by atoms with Crippen molar-refractivity contribution in [1.82, 2.24) is 0 Å². The van der Waals surface area contributed by atoms with Crippen LogP contribution in [0, 0.1) is 5.41 Å². The van der Waals surface area contributed by atoms with Crippen molar-refractivity contribution in [3.63, 3.8) is 0 Å². The van der Waals surface area contributed by atoms with Crippen molar-refractivity contribution < 1.29 is 0 Å². The normalized spacial score (nSPS) is 11.5. The summed E-state index contributed by atoms with van der Waals surface area (Å²) in [5, 5.41) is 0. The molecule has 1 rings (SSSR count). The van der Waals surface area contributed by atoms with E-state index in [0.29, 0.717) is 0 Å². The first-order valence-corrected chi connectivity index (χ1v) is 5.41. The van der Waals surface area contributed by atoms with E-state index in [1.54, 1.807) is 0 Å². The fraction of sp³-hybridized carbons (Fsp3) is 0.538. The molecule has 0 heterocycles. The molecule has 15 heavy (non-hydrogen) atoms. The van der Waals surface area contributed by atoms with Gasteiger partial charge in [0.2, 0.25) is 0 Å². The predicted octanol–water partition coefficient (Wildman–Crippen LogP) is 2.28. The highest BCUT2D eigenvalue weighted by molar-refractivity contribution is 5.52. The minimum absolute atomic E-state index is 0.173. The molecular weight excluding hydrogens is 184 g/mol. The molecule has 0 bridgehead atoms. The van der Waals surface area contributed by atoms with Gasteiger partial charge >= 0.3 is 0 Å². The number of nitrogens with zero attached hydrogens (tertiary/aromatic N) is 1. The third kappa shape index (κ3) is 3.24. The van der Waals surface area contributed by atoms with E-state index in [4.69, 9.17) is 5.73 Å². The van der Waals surface area contributed by atoms with Crippen LogP contribution in [0.5, 0.6) is 0 Å². The van der Waals surface area contributed by atoms with Crippen molar-refractivity contribution in [1.29, 1.82) is 0 Å². The van der Waals surface area contributed by atoms with Crippen molar-refractivity contribution in [2.45, 2.75) is 20.3 Å². The molecule has 0 amide bonds. The van der Waals surface area contributed by atoms with Crippen LogP contribution in [0.3, 0.4) is 0 Å². The highest BCUT2D eigenvalue weighted by Crippen LogP contribution is 2.26.